The molecule has 1 unspecified atom stereocenters. The van der Waals surface area contributed by atoms with Gasteiger partial charge in [0.1, 0.15) is 23.3 Å². The first-order valence-corrected chi connectivity index (χ1v) is 12.3. The standard InChI is InChI=1S/C32H28F4/c1-19-12-13-32(18-19,24-14-20(2)16-28(35)30(24)22-8-4-6-10-26(22)33)25-15-21(3)17-29(36)31(25)23-9-5-7-11-27(23)34/h4-11,14-17,19H,12-13,18H2,1-3H3. The minimum absolute atomic E-state index is 0.171. The third-order valence-electron chi connectivity index (χ3n) is 7.55. The topological polar surface area (TPSA) is 0 Å². The molecule has 0 aliphatic heterocycles. The largest absolute Gasteiger partial charge is 0.206 e. The molecule has 1 atom stereocenters. The van der Waals surface area contributed by atoms with Gasteiger partial charge in [0, 0.05) is 27.7 Å². The van der Waals surface area contributed by atoms with Gasteiger partial charge in [-0.05, 0) is 85.5 Å². The highest BCUT2D eigenvalue weighted by Crippen LogP contribution is 2.55. The van der Waals surface area contributed by atoms with Crippen LogP contribution in [0.2, 0.25) is 0 Å². The minimum Gasteiger partial charge on any atom is -0.206 e. The summed E-state index contributed by atoms with van der Waals surface area (Å²) in [5, 5.41) is 0. The second-order valence-corrected chi connectivity index (χ2v) is 10.2. The number of benzene rings is 4. The summed E-state index contributed by atoms with van der Waals surface area (Å²) in [6.07, 6.45) is 2.06. The highest BCUT2D eigenvalue weighted by Gasteiger charge is 2.45. The van der Waals surface area contributed by atoms with Crippen molar-refractivity contribution < 1.29 is 17.6 Å². The fourth-order valence-electron chi connectivity index (χ4n) is 6.04. The average Bonchev–Trinajstić information content (AvgIpc) is 3.22. The Morgan fingerprint density at radius 3 is 1.47 bits per heavy atom. The van der Waals surface area contributed by atoms with Gasteiger partial charge < -0.3 is 0 Å². The monoisotopic (exact) mass is 488 g/mol. The number of hydrogen-bond donors (Lipinski definition) is 0. The Kier molecular flexibility index (Phi) is 6.23. The molecule has 1 aliphatic rings. The third kappa shape index (κ3) is 4.03. The Bertz CT molecular complexity index is 1350. The van der Waals surface area contributed by atoms with Gasteiger partial charge in [-0.2, -0.15) is 0 Å². The number of hydrogen-bond acceptors (Lipinski definition) is 0. The smallest absolute Gasteiger partial charge is 0.131 e. The molecule has 0 saturated heterocycles. The Balaban J connectivity index is 1.91. The molecular weight excluding hydrogens is 460 g/mol. The van der Waals surface area contributed by atoms with Gasteiger partial charge in [0.25, 0.3) is 0 Å². The summed E-state index contributed by atoms with van der Waals surface area (Å²) >= 11 is 0. The van der Waals surface area contributed by atoms with E-state index in [2.05, 4.69) is 6.92 Å². The predicted octanol–water partition coefficient (Wildman–Crippen LogP) is 9.30. The first kappa shape index (κ1) is 24.3. The number of rotatable bonds is 4. The molecule has 36 heavy (non-hydrogen) atoms. The van der Waals surface area contributed by atoms with Crippen molar-refractivity contribution in [1.29, 1.82) is 0 Å². The van der Waals surface area contributed by atoms with Crippen LogP contribution in [0.3, 0.4) is 0 Å². The molecule has 1 saturated carbocycles. The van der Waals surface area contributed by atoms with Crippen molar-refractivity contribution in [2.45, 2.75) is 45.4 Å². The zero-order valence-corrected chi connectivity index (χ0v) is 20.6. The van der Waals surface area contributed by atoms with E-state index >= 15 is 17.6 Å². The molecule has 1 aliphatic carbocycles. The van der Waals surface area contributed by atoms with Crippen LogP contribution in [-0.4, -0.2) is 0 Å². The summed E-state index contributed by atoms with van der Waals surface area (Å²) in [4.78, 5) is 0. The quantitative estimate of drug-likeness (QED) is 0.251. The van der Waals surface area contributed by atoms with Crippen molar-refractivity contribution in [2.75, 3.05) is 0 Å². The summed E-state index contributed by atoms with van der Waals surface area (Å²) in [6.45, 7) is 5.72. The van der Waals surface area contributed by atoms with Crippen molar-refractivity contribution in [1.82, 2.24) is 0 Å². The maximum atomic E-state index is 15.8. The van der Waals surface area contributed by atoms with Crippen LogP contribution in [0.25, 0.3) is 22.3 Å². The molecule has 0 spiro atoms. The zero-order chi connectivity index (χ0) is 25.6. The first-order valence-electron chi connectivity index (χ1n) is 12.3. The molecule has 4 heteroatoms. The van der Waals surface area contributed by atoms with Gasteiger partial charge in [-0.15, -0.1) is 0 Å². The SMILES string of the molecule is Cc1cc(F)c(-c2ccccc2F)c(C2(c3cc(C)cc(F)c3-c3ccccc3F)CCC(C)C2)c1. The Labute approximate surface area is 209 Å². The number of halogens is 4. The van der Waals surface area contributed by atoms with Gasteiger partial charge in [0.2, 0.25) is 0 Å². The summed E-state index contributed by atoms with van der Waals surface area (Å²) in [5.74, 6) is -1.82. The Hall–Kier alpha value is -3.40. The highest BCUT2D eigenvalue weighted by atomic mass is 19.1. The van der Waals surface area contributed by atoms with Crippen molar-refractivity contribution in [3.8, 4) is 22.3 Å². The summed E-state index contributed by atoms with van der Waals surface area (Å²) in [5.41, 5.74) is 2.53. The highest BCUT2D eigenvalue weighted by molar-refractivity contribution is 5.77. The van der Waals surface area contributed by atoms with Crippen LogP contribution in [0.15, 0.2) is 72.8 Å². The zero-order valence-electron chi connectivity index (χ0n) is 20.6. The Morgan fingerprint density at radius 1 is 0.639 bits per heavy atom. The predicted molar refractivity (Wildman–Crippen MR) is 137 cm³/mol. The van der Waals surface area contributed by atoms with Crippen LogP contribution in [0.4, 0.5) is 17.6 Å². The molecule has 5 rings (SSSR count). The molecule has 4 aromatic rings. The van der Waals surface area contributed by atoms with E-state index in [1.165, 1.54) is 24.3 Å². The minimum atomic E-state index is -0.825. The molecule has 184 valence electrons. The summed E-state index contributed by atoms with van der Waals surface area (Å²) < 4.78 is 61.7. The lowest BCUT2D eigenvalue weighted by molar-refractivity contribution is 0.496. The normalized spacial score (nSPS) is 16.9. The molecule has 0 amide bonds. The molecule has 0 radical (unpaired) electrons. The van der Waals surface area contributed by atoms with E-state index < -0.39 is 28.7 Å². The summed E-state index contributed by atoms with van der Waals surface area (Å²) in [6, 6.07) is 18.9. The molecule has 0 heterocycles. The Morgan fingerprint density at radius 2 is 1.08 bits per heavy atom. The van der Waals surface area contributed by atoms with Crippen LogP contribution in [0.5, 0.6) is 0 Å². The van der Waals surface area contributed by atoms with Gasteiger partial charge in [-0.1, -0.05) is 55.5 Å². The van der Waals surface area contributed by atoms with Crippen LogP contribution >= 0.6 is 0 Å². The molecule has 1 fully saturated rings. The van der Waals surface area contributed by atoms with E-state index in [0.717, 1.165) is 6.42 Å². The van der Waals surface area contributed by atoms with Crippen LogP contribution in [-0.2, 0) is 5.41 Å². The fourth-order valence-corrected chi connectivity index (χ4v) is 6.04. The lowest BCUT2D eigenvalue weighted by atomic mass is 9.67. The van der Waals surface area contributed by atoms with E-state index in [-0.39, 0.29) is 28.2 Å². The first-order chi connectivity index (χ1) is 17.2. The molecule has 0 N–H and O–H groups in total. The van der Waals surface area contributed by atoms with Gasteiger partial charge in [0.15, 0.2) is 0 Å². The molecular formula is C32H28F4. The van der Waals surface area contributed by atoms with Crippen molar-refractivity contribution in [2.24, 2.45) is 5.92 Å². The summed E-state index contributed by atoms with van der Waals surface area (Å²) in [7, 11) is 0. The van der Waals surface area contributed by atoms with Gasteiger partial charge in [-0.3, -0.25) is 0 Å². The van der Waals surface area contributed by atoms with Crippen LogP contribution in [0, 0.1) is 43.0 Å². The third-order valence-corrected chi connectivity index (χ3v) is 7.55. The maximum absolute atomic E-state index is 15.8. The molecule has 0 nitrogen and oxygen atoms in total. The second-order valence-electron chi connectivity index (χ2n) is 10.2. The van der Waals surface area contributed by atoms with Crippen molar-refractivity contribution in [3.05, 3.63) is 118 Å². The lowest BCUT2D eigenvalue weighted by Gasteiger charge is -2.36. The lowest BCUT2D eigenvalue weighted by Crippen LogP contribution is -2.28. The maximum Gasteiger partial charge on any atom is 0.131 e. The molecule has 0 aromatic heterocycles. The second kappa shape index (κ2) is 9.24. The van der Waals surface area contributed by atoms with Gasteiger partial charge >= 0.3 is 0 Å². The van der Waals surface area contributed by atoms with E-state index in [9.17, 15) is 0 Å². The van der Waals surface area contributed by atoms with E-state index in [1.807, 2.05) is 12.1 Å². The van der Waals surface area contributed by atoms with Gasteiger partial charge in [-0.25, -0.2) is 17.6 Å². The average molecular weight is 489 g/mol. The van der Waals surface area contributed by atoms with E-state index in [4.69, 9.17) is 0 Å². The molecule has 0 bridgehead atoms. The molecule has 4 aromatic carbocycles. The van der Waals surface area contributed by atoms with Crippen molar-refractivity contribution >= 4 is 0 Å². The van der Waals surface area contributed by atoms with Crippen LogP contribution in [0.1, 0.15) is 48.4 Å². The van der Waals surface area contributed by atoms with E-state index in [0.29, 0.717) is 35.1 Å². The van der Waals surface area contributed by atoms with E-state index in [1.54, 1.807) is 50.2 Å². The van der Waals surface area contributed by atoms with Gasteiger partial charge in [0.05, 0.1) is 0 Å². The van der Waals surface area contributed by atoms with Crippen molar-refractivity contribution in [3.63, 3.8) is 0 Å². The van der Waals surface area contributed by atoms with Crippen LogP contribution < -0.4 is 0 Å². The number of aryl methyl sites for hydroxylation is 2. The fraction of sp³-hybridized carbons (Fsp3) is 0.250.